The normalized spacial score (nSPS) is 17.5. The molecule has 0 saturated carbocycles. The lowest BCUT2D eigenvalue weighted by atomic mass is 10.1. The van der Waals surface area contributed by atoms with E-state index in [1.54, 1.807) is 7.11 Å². The van der Waals surface area contributed by atoms with E-state index in [1.165, 1.54) is 0 Å². The average Bonchev–Trinajstić information content (AvgIpc) is 2.32. The summed E-state index contributed by atoms with van der Waals surface area (Å²) in [6.07, 6.45) is -0.400. The van der Waals surface area contributed by atoms with Crippen molar-refractivity contribution in [2.75, 3.05) is 31.7 Å². The van der Waals surface area contributed by atoms with Crippen LogP contribution in [-0.2, 0) is 0 Å². The van der Waals surface area contributed by atoms with Crippen LogP contribution in [0.5, 0.6) is 5.75 Å². The fourth-order valence-corrected chi connectivity index (χ4v) is 2.88. The fraction of sp³-hybridized carbons (Fsp3) is 0.538. The molecular formula is C13H19NO2S. The maximum atomic E-state index is 10.1. The first-order chi connectivity index (χ1) is 8.29. The molecule has 1 fully saturated rings. The number of hydrogen-bond donors (Lipinski definition) is 2. The molecule has 1 aliphatic heterocycles. The SMILES string of the molecule is COc1cccc(C(O)CSCC2CNC2)c1. The first kappa shape index (κ1) is 12.7. The monoisotopic (exact) mass is 253 g/mol. The first-order valence-corrected chi connectivity index (χ1v) is 7.05. The van der Waals surface area contributed by atoms with E-state index in [2.05, 4.69) is 5.32 Å². The third-order valence-electron chi connectivity index (χ3n) is 2.97. The van der Waals surface area contributed by atoms with E-state index in [0.717, 1.165) is 41.8 Å². The van der Waals surface area contributed by atoms with Gasteiger partial charge in [0.15, 0.2) is 0 Å². The molecule has 94 valence electrons. The van der Waals surface area contributed by atoms with Crippen LogP contribution in [0.3, 0.4) is 0 Å². The minimum Gasteiger partial charge on any atom is -0.497 e. The van der Waals surface area contributed by atoms with Crippen molar-refractivity contribution in [2.24, 2.45) is 5.92 Å². The van der Waals surface area contributed by atoms with Crippen molar-refractivity contribution in [1.82, 2.24) is 5.32 Å². The van der Waals surface area contributed by atoms with E-state index in [9.17, 15) is 5.11 Å². The van der Waals surface area contributed by atoms with Crippen molar-refractivity contribution in [2.45, 2.75) is 6.10 Å². The Balaban J connectivity index is 1.78. The number of hydrogen-bond acceptors (Lipinski definition) is 4. The summed E-state index contributed by atoms with van der Waals surface area (Å²) >= 11 is 1.82. The molecule has 0 bridgehead atoms. The highest BCUT2D eigenvalue weighted by atomic mass is 32.2. The highest BCUT2D eigenvalue weighted by Crippen LogP contribution is 2.23. The number of thioether (sulfide) groups is 1. The molecule has 0 amide bonds. The molecule has 1 aliphatic rings. The molecule has 0 radical (unpaired) electrons. The standard InChI is InChI=1S/C13H19NO2S/c1-16-12-4-2-3-11(5-12)13(15)9-17-8-10-6-14-7-10/h2-5,10,13-15H,6-9H2,1H3. The predicted octanol–water partition coefficient (Wildman–Crippen LogP) is 1.68. The van der Waals surface area contributed by atoms with Crippen LogP contribution in [0.15, 0.2) is 24.3 Å². The van der Waals surface area contributed by atoms with Gasteiger partial charge in [0.1, 0.15) is 5.75 Å². The lowest BCUT2D eigenvalue weighted by molar-refractivity contribution is 0.203. The molecule has 4 heteroatoms. The fourth-order valence-electron chi connectivity index (χ4n) is 1.76. The van der Waals surface area contributed by atoms with E-state index < -0.39 is 6.10 Å². The lowest BCUT2D eigenvalue weighted by Gasteiger charge is -2.26. The maximum absolute atomic E-state index is 10.1. The summed E-state index contributed by atoms with van der Waals surface area (Å²) in [5.41, 5.74) is 0.934. The Hall–Kier alpha value is -0.710. The highest BCUT2D eigenvalue weighted by Gasteiger charge is 2.17. The van der Waals surface area contributed by atoms with Gasteiger partial charge < -0.3 is 15.2 Å². The smallest absolute Gasteiger partial charge is 0.119 e. The van der Waals surface area contributed by atoms with Gasteiger partial charge in [-0.15, -0.1) is 0 Å². The Morgan fingerprint density at radius 3 is 3.00 bits per heavy atom. The second-order valence-electron chi connectivity index (χ2n) is 4.35. The van der Waals surface area contributed by atoms with Crippen molar-refractivity contribution in [3.63, 3.8) is 0 Å². The van der Waals surface area contributed by atoms with Gasteiger partial charge in [-0.2, -0.15) is 11.8 Å². The quantitative estimate of drug-likeness (QED) is 0.809. The van der Waals surface area contributed by atoms with Gasteiger partial charge in [-0.1, -0.05) is 12.1 Å². The molecule has 1 atom stereocenters. The second-order valence-corrected chi connectivity index (χ2v) is 5.43. The number of ether oxygens (including phenoxy) is 1. The summed E-state index contributed by atoms with van der Waals surface area (Å²) in [5.74, 6) is 3.48. The van der Waals surface area contributed by atoms with Gasteiger partial charge in [0.25, 0.3) is 0 Å². The molecule has 1 unspecified atom stereocenters. The highest BCUT2D eigenvalue weighted by molar-refractivity contribution is 7.99. The summed E-state index contributed by atoms with van der Waals surface area (Å²) in [6, 6.07) is 7.65. The van der Waals surface area contributed by atoms with Crippen LogP contribution in [-0.4, -0.2) is 36.8 Å². The molecule has 0 spiro atoms. The molecule has 1 heterocycles. The molecule has 0 aliphatic carbocycles. The summed E-state index contributed by atoms with van der Waals surface area (Å²) in [5, 5.41) is 13.3. The molecular weight excluding hydrogens is 234 g/mol. The largest absolute Gasteiger partial charge is 0.497 e. The third-order valence-corrected chi connectivity index (χ3v) is 4.23. The molecule has 2 N–H and O–H groups in total. The molecule has 17 heavy (non-hydrogen) atoms. The van der Waals surface area contributed by atoms with Crippen LogP contribution in [0.1, 0.15) is 11.7 Å². The summed E-state index contributed by atoms with van der Waals surface area (Å²) in [7, 11) is 1.64. The van der Waals surface area contributed by atoms with E-state index >= 15 is 0 Å². The van der Waals surface area contributed by atoms with E-state index in [0.29, 0.717) is 0 Å². The van der Waals surface area contributed by atoms with Crippen molar-refractivity contribution in [1.29, 1.82) is 0 Å². The zero-order valence-electron chi connectivity index (χ0n) is 10.1. The Bertz CT molecular complexity index is 355. The lowest BCUT2D eigenvalue weighted by Crippen LogP contribution is -2.43. The number of methoxy groups -OCH3 is 1. The minimum atomic E-state index is -0.400. The van der Waals surface area contributed by atoms with Gasteiger partial charge in [-0.25, -0.2) is 0 Å². The Morgan fingerprint density at radius 2 is 2.35 bits per heavy atom. The van der Waals surface area contributed by atoms with Crippen LogP contribution in [0.4, 0.5) is 0 Å². The number of aliphatic hydroxyl groups excluding tert-OH is 1. The Labute approximate surface area is 107 Å². The summed E-state index contributed by atoms with van der Waals surface area (Å²) < 4.78 is 5.15. The molecule has 2 rings (SSSR count). The van der Waals surface area contributed by atoms with Crippen molar-refractivity contribution < 1.29 is 9.84 Å². The van der Waals surface area contributed by atoms with Gasteiger partial charge in [-0.3, -0.25) is 0 Å². The number of aliphatic hydroxyl groups is 1. The minimum absolute atomic E-state index is 0.400. The number of rotatable bonds is 6. The topological polar surface area (TPSA) is 41.5 Å². The van der Waals surface area contributed by atoms with Gasteiger partial charge >= 0.3 is 0 Å². The van der Waals surface area contributed by atoms with Crippen LogP contribution < -0.4 is 10.1 Å². The number of nitrogens with one attached hydrogen (secondary N) is 1. The van der Waals surface area contributed by atoms with Crippen LogP contribution >= 0.6 is 11.8 Å². The average molecular weight is 253 g/mol. The Kier molecular flexibility index (Phi) is 4.71. The third kappa shape index (κ3) is 3.63. The predicted molar refractivity (Wildman–Crippen MR) is 71.6 cm³/mol. The van der Waals surface area contributed by atoms with Gasteiger partial charge in [0.2, 0.25) is 0 Å². The van der Waals surface area contributed by atoms with Crippen molar-refractivity contribution in [3.05, 3.63) is 29.8 Å². The molecule has 3 nitrogen and oxygen atoms in total. The van der Waals surface area contributed by atoms with Gasteiger partial charge in [-0.05, 0) is 42.5 Å². The van der Waals surface area contributed by atoms with E-state index in [-0.39, 0.29) is 0 Å². The zero-order valence-corrected chi connectivity index (χ0v) is 10.9. The van der Waals surface area contributed by atoms with E-state index in [4.69, 9.17) is 4.74 Å². The molecule has 1 saturated heterocycles. The molecule has 1 aromatic rings. The second kappa shape index (κ2) is 6.28. The Morgan fingerprint density at radius 1 is 1.53 bits per heavy atom. The summed E-state index contributed by atoms with van der Waals surface area (Å²) in [4.78, 5) is 0. The summed E-state index contributed by atoms with van der Waals surface area (Å²) in [6.45, 7) is 2.25. The van der Waals surface area contributed by atoms with Crippen LogP contribution in [0.2, 0.25) is 0 Å². The van der Waals surface area contributed by atoms with Crippen molar-refractivity contribution in [3.8, 4) is 5.75 Å². The zero-order chi connectivity index (χ0) is 12.1. The van der Waals surface area contributed by atoms with Crippen LogP contribution in [0.25, 0.3) is 0 Å². The van der Waals surface area contributed by atoms with E-state index in [1.807, 2.05) is 36.0 Å². The first-order valence-electron chi connectivity index (χ1n) is 5.90. The molecule has 1 aromatic carbocycles. The van der Waals surface area contributed by atoms with Gasteiger partial charge in [0, 0.05) is 5.75 Å². The molecule has 0 aromatic heterocycles. The van der Waals surface area contributed by atoms with Crippen LogP contribution in [0, 0.1) is 5.92 Å². The van der Waals surface area contributed by atoms with Crippen molar-refractivity contribution >= 4 is 11.8 Å². The number of benzene rings is 1. The van der Waals surface area contributed by atoms with Gasteiger partial charge in [0.05, 0.1) is 13.2 Å². The maximum Gasteiger partial charge on any atom is 0.119 e.